The van der Waals surface area contributed by atoms with Gasteiger partial charge in [-0.25, -0.2) is 0 Å². The number of Topliss-reactive ketones (excluding diaryl/α,β-unsaturated/α-hetero) is 1. The Kier molecular flexibility index (Phi) is 4.48. The molecule has 0 fully saturated rings. The molecule has 0 saturated carbocycles. The smallest absolute Gasteiger partial charge is 0.159 e. The summed E-state index contributed by atoms with van der Waals surface area (Å²) in [6.45, 7) is 1.58. The highest BCUT2D eigenvalue weighted by Crippen LogP contribution is 2.18. The molecule has 98 valence electrons. The standard InChI is InChI=1S/C17H19NO/c1-13(19)15-8-5-9-16(12-15)17(18)11-10-14-6-3-2-4-7-14/h2-9,12,17H,10-11,18H2,1H3. The third kappa shape index (κ3) is 3.76. The number of carbonyl (C=O) groups excluding carboxylic acids is 1. The topological polar surface area (TPSA) is 43.1 Å². The molecule has 2 N–H and O–H groups in total. The molecule has 2 aromatic rings. The van der Waals surface area contributed by atoms with Crippen molar-refractivity contribution in [1.29, 1.82) is 0 Å². The molecule has 0 saturated heterocycles. The van der Waals surface area contributed by atoms with E-state index in [9.17, 15) is 4.79 Å². The number of hydrogen-bond acceptors (Lipinski definition) is 2. The van der Waals surface area contributed by atoms with Crippen LogP contribution in [0.1, 0.15) is 40.9 Å². The van der Waals surface area contributed by atoms with Crippen molar-refractivity contribution < 1.29 is 4.79 Å². The van der Waals surface area contributed by atoms with E-state index in [-0.39, 0.29) is 11.8 Å². The average Bonchev–Trinajstić information content (AvgIpc) is 2.46. The third-order valence-electron chi connectivity index (χ3n) is 3.31. The normalized spacial score (nSPS) is 12.1. The largest absolute Gasteiger partial charge is 0.324 e. The second kappa shape index (κ2) is 6.30. The first-order valence-electron chi connectivity index (χ1n) is 6.57. The van der Waals surface area contributed by atoms with Crippen LogP contribution in [0.15, 0.2) is 54.6 Å². The minimum absolute atomic E-state index is 0.0282. The highest BCUT2D eigenvalue weighted by Gasteiger charge is 2.08. The van der Waals surface area contributed by atoms with E-state index in [1.54, 1.807) is 6.92 Å². The number of nitrogens with two attached hydrogens (primary N) is 1. The van der Waals surface area contributed by atoms with Crippen molar-refractivity contribution in [2.45, 2.75) is 25.8 Å². The van der Waals surface area contributed by atoms with Crippen molar-refractivity contribution in [3.8, 4) is 0 Å². The summed E-state index contributed by atoms with van der Waals surface area (Å²) >= 11 is 0. The molecular formula is C17H19NO. The predicted octanol–water partition coefficient (Wildman–Crippen LogP) is 3.52. The van der Waals surface area contributed by atoms with Gasteiger partial charge in [-0.3, -0.25) is 4.79 Å². The summed E-state index contributed by atoms with van der Waals surface area (Å²) < 4.78 is 0. The van der Waals surface area contributed by atoms with Gasteiger partial charge in [-0.15, -0.1) is 0 Å². The minimum Gasteiger partial charge on any atom is -0.324 e. The molecule has 0 aliphatic rings. The molecular weight excluding hydrogens is 234 g/mol. The van der Waals surface area contributed by atoms with Gasteiger partial charge in [0.15, 0.2) is 5.78 Å². The molecule has 1 atom stereocenters. The summed E-state index contributed by atoms with van der Waals surface area (Å²) in [7, 11) is 0. The minimum atomic E-state index is -0.0282. The van der Waals surface area contributed by atoms with E-state index in [1.165, 1.54) is 5.56 Å². The Morgan fingerprint density at radius 2 is 1.84 bits per heavy atom. The molecule has 0 amide bonds. The fourth-order valence-corrected chi connectivity index (χ4v) is 2.12. The predicted molar refractivity (Wildman–Crippen MR) is 78.1 cm³/mol. The molecule has 0 heterocycles. The van der Waals surface area contributed by atoms with Gasteiger partial charge in [0.2, 0.25) is 0 Å². The average molecular weight is 253 g/mol. The first-order chi connectivity index (χ1) is 9.16. The fourth-order valence-electron chi connectivity index (χ4n) is 2.12. The lowest BCUT2D eigenvalue weighted by Gasteiger charge is -2.12. The molecule has 0 aliphatic carbocycles. The second-order valence-electron chi connectivity index (χ2n) is 4.81. The molecule has 0 radical (unpaired) electrons. The molecule has 2 rings (SSSR count). The number of hydrogen-bond donors (Lipinski definition) is 1. The zero-order chi connectivity index (χ0) is 13.7. The van der Waals surface area contributed by atoms with Gasteiger partial charge in [0.25, 0.3) is 0 Å². The van der Waals surface area contributed by atoms with Gasteiger partial charge < -0.3 is 5.73 Å². The van der Waals surface area contributed by atoms with Crippen LogP contribution < -0.4 is 5.73 Å². The zero-order valence-corrected chi connectivity index (χ0v) is 11.2. The Morgan fingerprint density at radius 1 is 1.11 bits per heavy atom. The molecule has 19 heavy (non-hydrogen) atoms. The monoisotopic (exact) mass is 253 g/mol. The lowest BCUT2D eigenvalue weighted by atomic mass is 9.97. The number of ketones is 1. The molecule has 0 aliphatic heterocycles. The van der Waals surface area contributed by atoms with E-state index in [2.05, 4.69) is 12.1 Å². The Morgan fingerprint density at radius 3 is 2.53 bits per heavy atom. The van der Waals surface area contributed by atoms with Crippen molar-refractivity contribution in [3.05, 3.63) is 71.3 Å². The number of benzene rings is 2. The molecule has 0 bridgehead atoms. The SMILES string of the molecule is CC(=O)c1cccc(C(N)CCc2ccccc2)c1. The van der Waals surface area contributed by atoms with Gasteiger partial charge in [0.05, 0.1) is 0 Å². The summed E-state index contributed by atoms with van der Waals surface area (Å²) in [5.74, 6) is 0.0807. The van der Waals surface area contributed by atoms with Gasteiger partial charge in [-0.1, -0.05) is 48.5 Å². The molecule has 1 unspecified atom stereocenters. The maximum absolute atomic E-state index is 11.4. The lowest BCUT2D eigenvalue weighted by molar-refractivity contribution is 0.101. The molecule has 2 nitrogen and oxygen atoms in total. The van der Waals surface area contributed by atoms with Crippen LogP contribution in [0.25, 0.3) is 0 Å². The summed E-state index contributed by atoms with van der Waals surface area (Å²) in [4.78, 5) is 11.4. The molecule has 0 spiro atoms. The van der Waals surface area contributed by atoms with E-state index in [1.807, 2.05) is 42.5 Å². The highest BCUT2D eigenvalue weighted by atomic mass is 16.1. The van der Waals surface area contributed by atoms with Crippen LogP contribution in [0.5, 0.6) is 0 Å². The van der Waals surface area contributed by atoms with E-state index in [4.69, 9.17) is 5.73 Å². The van der Waals surface area contributed by atoms with Crippen molar-refractivity contribution in [1.82, 2.24) is 0 Å². The van der Waals surface area contributed by atoms with Crippen molar-refractivity contribution in [2.75, 3.05) is 0 Å². The van der Waals surface area contributed by atoms with E-state index in [0.717, 1.165) is 24.0 Å². The number of rotatable bonds is 5. The van der Waals surface area contributed by atoms with Crippen LogP contribution in [0.4, 0.5) is 0 Å². The van der Waals surface area contributed by atoms with Gasteiger partial charge in [-0.05, 0) is 37.0 Å². The quantitative estimate of drug-likeness (QED) is 0.828. The van der Waals surface area contributed by atoms with Crippen LogP contribution in [0, 0.1) is 0 Å². The van der Waals surface area contributed by atoms with Crippen LogP contribution in [0.3, 0.4) is 0 Å². The third-order valence-corrected chi connectivity index (χ3v) is 3.31. The summed E-state index contributed by atoms with van der Waals surface area (Å²) in [6.07, 6.45) is 1.83. The number of carbonyl (C=O) groups is 1. The maximum Gasteiger partial charge on any atom is 0.159 e. The summed E-state index contributed by atoms with van der Waals surface area (Å²) in [6, 6.07) is 17.9. The van der Waals surface area contributed by atoms with Gasteiger partial charge >= 0.3 is 0 Å². The Hall–Kier alpha value is -1.93. The van der Waals surface area contributed by atoms with E-state index < -0.39 is 0 Å². The van der Waals surface area contributed by atoms with Crippen LogP contribution in [-0.2, 0) is 6.42 Å². The van der Waals surface area contributed by atoms with Crippen molar-refractivity contribution in [2.24, 2.45) is 5.73 Å². The fraction of sp³-hybridized carbons (Fsp3) is 0.235. The molecule has 0 aromatic heterocycles. The Balaban J connectivity index is 2.02. The van der Waals surface area contributed by atoms with Gasteiger partial charge in [0.1, 0.15) is 0 Å². The van der Waals surface area contributed by atoms with Gasteiger partial charge in [0, 0.05) is 11.6 Å². The summed E-state index contributed by atoms with van der Waals surface area (Å²) in [5.41, 5.74) is 9.25. The first kappa shape index (κ1) is 13.5. The van der Waals surface area contributed by atoms with Crippen LogP contribution in [-0.4, -0.2) is 5.78 Å². The van der Waals surface area contributed by atoms with Crippen LogP contribution in [0.2, 0.25) is 0 Å². The first-order valence-corrected chi connectivity index (χ1v) is 6.57. The maximum atomic E-state index is 11.4. The lowest BCUT2D eigenvalue weighted by Crippen LogP contribution is -2.12. The Bertz CT molecular complexity index is 548. The second-order valence-corrected chi connectivity index (χ2v) is 4.81. The van der Waals surface area contributed by atoms with Crippen LogP contribution >= 0.6 is 0 Å². The Labute approximate surface area is 114 Å². The zero-order valence-electron chi connectivity index (χ0n) is 11.2. The summed E-state index contributed by atoms with van der Waals surface area (Å²) in [5, 5.41) is 0. The van der Waals surface area contributed by atoms with Crippen molar-refractivity contribution in [3.63, 3.8) is 0 Å². The highest BCUT2D eigenvalue weighted by molar-refractivity contribution is 5.94. The number of aryl methyl sites for hydroxylation is 1. The van der Waals surface area contributed by atoms with E-state index >= 15 is 0 Å². The molecule has 2 aromatic carbocycles. The van der Waals surface area contributed by atoms with E-state index in [0.29, 0.717) is 0 Å². The molecule has 2 heteroatoms. The van der Waals surface area contributed by atoms with Gasteiger partial charge in [-0.2, -0.15) is 0 Å². The van der Waals surface area contributed by atoms with Crippen molar-refractivity contribution >= 4 is 5.78 Å².